The molecule has 5 nitrogen and oxygen atoms in total. The summed E-state index contributed by atoms with van der Waals surface area (Å²) in [6.45, 7) is 4.11. The highest BCUT2D eigenvalue weighted by Crippen LogP contribution is 2.32. The normalized spacial score (nSPS) is 15.7. The van der Waals surface area contributed by atoms with E-state index in [1.54, 1.807) is 30.3 Å². The van der Waals surface area contributed by atoms with E-state index in [-0.39, 0.29) is 5.91 Å². The maximum absolute atomic E-state index is 13.0. The van der Waals surface area contributed by atoms with E-state index < -0.39 is 5.97 Å². The summed E-state index contributed by atoms with van der Waals surface area (Å²) >= 11 is 0. The Kier molecular flexibility index (Phi) is 4.98. The van der Waals surface area contributed by atoms with Crippen LogP contribution in [0.5, 0.6) is 0 Å². The van der Waals surface area contributed by atoms with Crippen LogP contribution in [-0.4, -0.2) is 28.9 Å². The number of carbonyl (C=O) groups is 2. The van der Waals surface area contributed by atoms with Gasteiger partial charge < -0.3 is 9.64 Å². The number of nitrogens with zero attached hydrogens (tertiary/aromatic N) is 2. The van der Waals surface area contributed by atoms with E-state index in [1.807, 2.05) is 43.3 Å². The molecule has 0 saturated carbocycles. The van der Waals surface area contributed by atoms with E-state index in [2.05, 4.69) is 4.98 Å². The molecule has 1 aromatic carbocycles. The number of allylic oxidation sites excluding steroid dienone is 1. The predicted molar refractivity (Wildman–Crippen MR) is 98.7 cm³/mol. The molecule has 132 valence electrons. The molecule has 2 heterocycles. The van der Waals surface area contributed by atoms with Crippen molar-refractivity contribution in [1.29, 1.82) is 0 Å². The van der Waals surface area contributed by atoms with Gasteiger partial charge in [-0.25, -0.2) is 4.79 Å². The number of hydrogen-bond donors (Lipinski definition) is 0. The molecular formula is C21H20N2O3. The Morgan fingerprint density at radius 1 is 1.19 bits per heavy atom. The molecule has 0 spiro atoms. The van der Waals surface area contributed by atoms with Crippen molar-refractivity contribution in [2.75, 3.05) is 7.11 Å². The minimum Gasteiger partial charge on any atom is -0.465 e. The Hall–Kier alpha value is -3.21. The first-order valence-electron chi connectivity index (χ1n) is 8.30. The number of carbonyl (C=O) groups excluding carboxylic acids is 2. The number of pyridine rings is 1. The van der Waals surface area contributed by atoms with Gasteiger partial charge in [0.15, 0.2) is 0 Å². The molecule has 1 aliphatic heterocycles. The summed E-state index contributed by atoms with van der Waals surface area (Å²) < 4.78 is 4.91. The van der Waals surface area contributed by atoms with Gasteiger partial charge in [0.1, 0.15) is 0 Å². The number of aromatic nitrogens is 1. The van der Waals surface area contributed by atoms with Crippen molar-refractivity contribution in [2.24, 2.45) is 0 Å². The molecule has 0 radical (unpaired) electrons. The first-order chi connectivity index (χ1) is 12.5. The molecule has 0 unspecified atom stereocenters. The largest absolute Gasteiger partial charge is 0.465 e. The van der Waals surface area contributed by atoms with Gasteiger partial charge in [0.05, 0.1) is 24.8 Å². The lowest BCUT2D eigenvalue weighted by molar-refractivity contribution is -0.136. The molecule has 0 atom stereocenters. The van der Waals surface area contributed by atoms with Crippen LogP contribution in [0.4, 0.5) is 0 Å². The molecule has 1 aliphatic rings. The van der Waals surface area contributed by atoms with Crippen molar-refractivity contribution in [3.05, 3.63) is 82.3 Å². The van der Waals surface area contributed by atoms with Gasteiger partial charge in [-0.15, -0.1) is 0 Å². The fraction of sp³-hybridized carbons (Fsp3) is 0.190. The van der Waals surface area contributed by atoms with Crippen molar-refractivity contribution < 1.29 is 14.3 Å². The average Bonchev–Trinajstić information content (AvgIpc) is 2.88. The maximum atomic E-state index is 13.0. The summed E-state index contributed by atoms with van der Waals surface area (Å²) in [7, 11) is 1.32. The van der Waals surface area contributed by atoms with Crippen LogP contribution in [-0.2, 0) is 20.9 Å². The molecule has 26 heavy (non-hydrogen) atoms. The zero-order valence-electron chi connectivity index (χ0n) is 15.0. The third-order valence-electron chi connectivity index (χ3n) is 4.35. The van der Waals surface area contributed by atoms with E-state index >= 15 is 0 Å². The van der Waals surface area contributed by atoms with Crippen molar-refractivity contribution in [2.45, 2.75) is 20.4 Å². The maximum Gasteiger partial charge on any atom is 0.340 e. The number of amides is 1. The number of benzene rings is 1. The number of ether oxygens (including phenoxy) is 1. The van der Waals surface area contributed by atoms with Crippen LogP contribution in [0.25, 0.3) is 6.08 Å². The molecule has 0 N–H and O–H groups in total. The monoisotopic (exact) mass is 348 g/mol. The lowest BCUT2D eigenvalue weighted by atomic mass is 10.0. The molecule has 0 saturated heterocycles. The van der Waals surface area contributed by atoms with E-state index in [0.29, 0.717) is 23.4 Å². The van der Waals surface area contributed by atoms with Crippen LogP contribution in [0.15, 0.2) is 65.6 Å². The van der Waals surface area contributed by atoms with Gasteiger partial charge >= 0.3 is 5.97 Å². The zero-order valence-corrected chi connectivity index (χ0v) is 15.0. The highest BCUT2D eigenvalue weighted by molar-refractivity contribution is 6.16. The number of hydrogen-bond acceptors (Lipinski definition) is 4. The second-order valence-corrected chi connectivity index (χ2v) is 6.17. The van der Waals surface area contributed by atoms with Gasteiger partial charge in [-0.1, -0.05) is 35.9 Å². The molecular weight excluding hydrogens is 328 g/mol. The van der Waals surface area contributed by atoms with E-state index in [0.717, 1.165) is 16.7 Å². The quantitative estimate of drug-likeness (QED) is 0.628. The Balaban J connectivity index is 2.02. The van der Waals surface area contributed by atoms with E-state index in [1.165, 1.54) is 7.11 Å². The van der Waals surface area contributed by atoms with Crippen LogP contribution < -0.4 is 0 Å². The van der Waals surface area contributed by atoms with Gasteiger partial charge in [-0.3, -0.25) is 9.78 Å². The zero-order chi connectivity index (χ0) is 18.7. The lowest BCUT2D eigenvalue weighted by Crippen LogP contribution is -2.24. The number of rotatable bonds is 4. The molecule has 0 bridgehead atoms. The van der Waals surface area contributed by atoms with Gasteiger partial charge in [-0.05, 0) is 37.1 Å². The van der Waals surface area contributed by atoms with Gasteiger partial charge in [0, 0.05) is 18.1 Å². The topological polar surface area (TPSA) is 59.5 Å². The Morgan fingerprint density at radius 2 is 1.92 bits per heavy atom. The summed E-state index contributed by atoms with van der Waals surface area (Å²) in [6, 6.07) is 11.5. The number of aryl methyl sites for hydroxylation is 1. The highest BCUT2D eigenvalue weighted by atomic mass is 16.5. The molecule has 1 aromatic heterocycles. The smallest absolute Gasteiger partial charge is 0.340 e. The summed E-state index contributed by atoms with van der Waals surface area (Å²) in [5, 5.41) is 0. The van der Waals surface area contributed by atoms with Crippen molar-refractivity contribution >= 4 is 18.0 Å². The summed E-state index contributed by atoms with van der Waals surface area (Å²) in [5.74, 6) is -0.727. The average molecular weight is 348 g/mol. The third-order valence-corrected chi connectivity index (χ3v) is 4.35. The minimum absolute atomic E-state index is 0.215. The van der Waals surface area contributed by atoms with Crippen molar-refractivity contribution in [3.63, 3.8) is 0 Å². The predicted octanol–water partition coefficient (Wildman–Crippen LogP) is 3.26. The fourth-order valence-electron chi connectivity index (χ4n) is 2.92. The van der Waals surface area contributed by atoms with Crippen LogP contribution >= 0.6 is 0 Å². The van der Waals surface area contributed by atoms with Gasteiger partial charge in [-0.2, -0.15) is 0 Å². The summed E-state index contributed by atoms with van der Waals surface area (Å²) in [4.78, 5) is 31.0. The van der Waals surface area contributed by atoms with Gasteiger partial charge in [0.25, 0.3) is 5.91 Å². The third kappa shape index (κ3) is 3.42. The number of esters is 1. The van der Waals surface area contributed by atoms with Crippen LogP contribution in [0, 0.1) is 6.92 Å². The SMILES string of the molecule is COC(=O)C1=C(C)N(Cc2cccnc2)C(=O)/C1=C\c1ccc(C)cc1. The standard InChI is InChI=1S/C21H20N2O3/c1-14-6-8-16(9-7-14)11-18-19(21(25)26-3)15(2)23(20(18)24)13-17-5-4-10-22-12-17/h4-12H,13H2,1-3H3/b18-11-. The second kappa shape index (κ2) is 7.35. The molecule has 0 aliphatic carbocycles. The van der Waals surface area contributed by atoms with Gasteiger partial charge in [0.2, 0.25) is 0 Å². The van der Waals surface area contributed by atoms with Crippen LogP contribution in [0.3, 0.4) is 0 Å². The van der Waals surface area contributed by atoms with Crippen molar-refractivity contribution in [3.8, 4) is 0 Å². The Labute approximate surface area is 152 Å². The fourth-order valence-corrected chi connectivity index (χ4v) is 2.92. The van der Waals surface area contributed by atoms with Crippen LogP contribution in [0.2, 0.25) is 0 Å². The molecule has 0 fully saturated rings. The van der Waals surface area contributed by atoms with Crippen molar-refractivity contribution in [1.82, 2.24) is 9.88 Å². The number of methoxy groups -OCH3 is 1. The summed E-state index contributed by atoms with van der Waals surface area (Å²) in [6.07, 6.45) is 5.13. The lowest BCUT2D eigenvalue weighted by Gasteiger charge is -2.17. The van der Waals surface area contributed by atoms with E-state index in [4.69, 9.17) is 4.74 Å². The minimum atomic E-state index is -0.511. The first-order valence-corrected chi connectivity index (χ1v) is 8.30. The highest BCUT2D eigenvalue weighted by Gasteiger charge is 2.36. The molecule has 2 aromatic rings. The Bertz CT molecular complexity index is 897. The van der Waals surface area contributed by atoms with Crippen LogP contribution in [0.1, 0.15) is 23.6 Å². The molecule has 3 rings (SSSR count). The Morgan fingerprint density at radius 3 is 2.54 bits per heavy atom. The van der Waals surface area contributed by atoms with E-state index in [9.17, 15) is 9.59 Å². The molecule has 1 amide bonds. The summed E-state index contributed by atoms with van der Waals surface area (Å²) in [5.41, 5.74) is 4.12. The molecule has 5 heteroatoms. The first kappa shape index (κ1) is 17.6. The second-order valence-electron chi connectivity index (χ2n) is 6.17.